The van der Waals surface area contributed by atoms with Crippen molar-refractivity contribution in [3.05, 3.63) is 33.2 Å². The van der Waals surface area contributed by atoms with Gasteiger partial charge in [-0.15, -0.1) is 17.9 Å². The second-order valence-electron chi connectivity index (χ2n) is 3.94. The van der Waals surface area contributed by atoms with Crippen molar-refractivity contribution < 1.29 is 13.3 Å². The molecule has 1 aromatic rings. The first kappa shape index (κ1) is 16.1. The molecule has 0 atom stereocenters. The minimum atomic E-state index is -3.81. The Bertz CT molecular complexity index is 595. The Balaban J connectivity index is 3.29. The molecule has 0 aliphatic heterocycles. The van der Waals surface area contributed by atoms with Crippen LogP contribution >= 0.6 is 22.9 Å². The maximum absolute atomic E-state index is 12.4. The van der Waals surface area contributed by atoms with E-state index in [2.05, 4.69) is 6.58 Å². The summed E-state index contributed by atoms with van der Waals surface area (Å²) in [5.74, 6) is 0. The van der Waals surface area contributed by atoms with Crippen LogP contribution in [0.1, 0.15) is 13.8 Å². The van der Waals surface area contributed by atoms with E-state index in [4.69, 9.17) is 11.6 Å². The lowest BCUT2D eigenvalue weighted by molar-refractivity contribution is -0.384. The molecule has 0 aliphatic carbocycles. The third-order valence-electron chi connectivity index (χ3n) is 2.29. The van der Waals surface area contributed by atoms with Crippen LogP contribution in [-0.2, 0) is 10.0 Å². The molecule has 9 heteroatoms. The van der Waals surface area contributed by atoms with Gasteiger partial charge in [0.1, 0.15) is 4.21 Å². The number of hydrogen-bond donors (Lipinski definition) is 0. The summed E-state index contributed by atoms with van der Waals surface area (Å²) in [6.07, 6.45) is 1.46. The average molecular weight is 325 g/mol. The van der Waals surface area contributed by atoms with E-state index in [1.807, 2.05) is 0 Å². The van der Waals surface area contributed by atoms with E-state index < -0.39 is 20.6 Å². The van der Waals surface area contributed by atoms with Crippen LogP contribution in [0.3, 0.4) is 0 Å². The molecule has 0 saturated heterocycles. The third kappa shape index (κ3) is 3.33. The number of halogens is 1. The quantitative estimate of drug-likeness (QED) is 0.458. The van der Waals surface area contributed by atoms with Gasteiger partial charge < -0.3 is 0 Å². The monoisotopic (exact) mass is 324 g/mol. The van der Waals surface area contributed by atoms with Crippen molar-refractivity contribution in [3.63, 3.8) is 0 Å². The van der Waals surface area contributed by atoms with Gasteiger partial charge in [0, 0.05) is 18.7 Å². The highest BCUT2D eigenvalue weighted by atomic mass is 35.5. The highest BCUT2D eigenvalue weighted by molar-refractivity contribution is 7.91. The Morgan fingerprint density at radius 3 is 2.58 bits per heavy atom. The number of nitrogens with zero attached hydrogens (tertiary/aromatic N) is 2. The summed E-state index contributed by atoms with van der Waals surface area (Å²) >= 11 is 6.36. The largest absolute Gasteiger partial charge is 0.300 e. The van der Waals surface area contributed by atoms with Crippen LogP contribution in [0.2, 0.25) is 4.34 Å². The summed E-state index contributed by atoms with van der Waals surface area (Å²) < 4.78 is 25.6. The predicted octanol–water partition coefficient (Wildman–Crippen LogP) is 2.89. The zero-order valence-corrected chi connectivity index (χ0v) is 12.8. The van der Waals surface area contributed by atoms with Crippen molar-refractivity contribution in [1.29, 1.82) is 0 Å². The van der Waals surface area contributed by atoms with Gasteiger partial charge in [-0.25, -0.2) is 8.42 Å². The highest BCUT2D eigenvalue weighted by Crippen LogP contribution is 2.37. The number of sulfonamides is 1. The van der Waals surface area contributed by atoms with Gasteiger partial charge in [-0.05, 0) is 13.8 Å². The summed E-state index contributed by atoms with van der Waals surface area (Å²) in [6.45, 7) is 7.06. The summed E-state index contributed by atoms with van der Waals surface area (Å²) in [6, 6.07) is 0.698. The first-order valence-electron chi connectivity index (χ1n) is 5.28. The smallest absolute Gasteiger partial charge is 0.258 e. The molecule has 19 heavy (non-hydrogen) atoms. The van der Waals surface area contributed by atoms with Crippen molar-refractivity contribution in [2.75, 3.05) is 6.54 Å². The average Bonchev–Trinajstić information content (AvgIpc) is 2.68. The fraction of sp³-hybridized carbons (Fsp3) is 0.400. The Morgan fingerprint density at radius 1 is 1.63 bits per heavy atom. The molecule has 0 saturated carbocycles. The molecule has 0 unspecified atom stereocenters. The fourth-order valence-electron chi connectivity index (χ4n) is 1.42. The molecule has 0 radical (unpaired) electrons. The number of nitro groups is 1. The van der Waals surface area contributed by atoms with Crippen molar-refractivity contribution in [3.8, 4) is 0 Å². The molecule has 0 aliphatic rings. The maximum atomic E-state index is 12.4. The second kappa shape index (κ2) is 6.00. The molecule has 0 aromatic carbocycles. The molecular formula is C10H13ClN2O4S2. The van der Waals surface area contributed by atoms with Crippen LogP contribution in [0.25, 0.3) is 0 Å². The molecule has 6 nitrogen and oxygen atoms in total. The van der Waals surface area contributed by atoms with Crippen LogP contribution in [0.15, 0.2) is 22.9 Å². The van der Waals surface area contributed by atoms with Crippen molar-refractivity contribution in [1.82, 2.24) is 4.31 Å². The lowest BCUT2D eigenvalue weighted by Crippen LogP contribution is -2.36. The minimum Gasteiger partial charge on any atom is -0.258 e. The van der Waals surface area contributed by atoms with Gasteiger partial charge in [-0.1, -0.05) is 17.7 Å². The summed E-state index contributed by atoms with van der Waals surface area (Å²) in [5, 5.41) is 10.7. The Hall–Kier alpha value is -0.960. The zero-order valence-electron chi connectivity index (χ0n) is 10.4. The third-order valence-corrected chi connectivity index (χ3v) is 6.12. The van der Waals surface area contributed by atoms with E-state index in [1.54, 1.807) is 13.8 Å². The summed E-state index contributed by atoms with van der Waals surface area (Å²) in [4.78, 5) is 9.99. The highest BCUT2D eigenvalue weighted by Gasteiger charge is 2.31. The number of hydrogen-bond acceptors (Lipinski definition) is 5. The van der Waals surface area contributed by atoms with Crippen LogP contribution in [0.5, 0.6) is 0 Å². The van der Waals surface area contributed by atoms with Crippen LogP contribution < -0.4 is 0 Å². The summed E-state index contributed by atoms with van der Waals surface area (Å²) in [7, 11) is -3.81. The maximum Gasteiger partial charge on any atom is 0.300 e. The Kier molecular flexibility index (Phi) is 5.08. The van der Waals surface area contributed by atoms with E-state index in [0.29, 0.717) is 11.3 Å². The number of thiophene rings is 1. The predicted molar refractivity (Wildman–Crippen MR) is 75.2 cm³/mol. The Labute approximate surface area is 120 Å². The van der Waals surface area contributed by atoms with Crippen molar-refractivity contribution in [2.24, 2.45) is 0 Å². The van der Waals surface area contributed by atoms with E-state index in [-0.39, 0.29) is 21.1 Å². The van der Waals surface area contributed by atoms with E-state index in [0.717, 1.165) is 6.07 Å². The molecule has 0 bridgehead atoms. The van der Waals surface area contributed by atoms with E-state index in [9.17, 15) is 18.5 Å². The van der Waals surface area contributed by atoms with Gasteiger partial charge in [-0.2, -0.15) is 4.31 Å². The van der Waals surface area contributed by atoms with Crippen LogP contribution in [-0.4, -0.2) is 30.2 Å². The van der Waals surface area contributed by atoms with Gasteiger partial charge in [0.05, 0.1) is 4.92 Å². The molecular weight excluding hydrogens is 312 g/mol. The molecule has 0 N–H and O–H groups in total. The molecule has 1 heterocycles. The normalized spacial score (nSPS) is 12.1. The SMILES string of the molecule is C=CCN(C(C)C)S(=O)(=O)c1cc([N+](=O)[O-])c(Cl)s1. The molecule has 0 amide bonds. The van der Waals surface area contributed by atoms with Crippen molar-refractivity contribution in [2.45, 2.75) is 24.1 Å². The van der Waals surface area contributed by atoms with E-state index >= 15 is 0 Å². The van der Waals surface area contributed by atoms with Gasteiger partial charge in [-0.3, -0.25) is 10.1 Å². The van der Waals surface area contributed by atoms with Gasteiger partial charge in [0.15, 0.2) is 4.34 Å². The Morgan fingerprint density at radius 2 is 2.21 bits per heavy atom. The topological polar surface area (TPSA) is 80.5 Å². The molecule has 0 spiro atoms. The van der Waals surface area contributed by atoms with E-state index in [1.165, 1.54) is 10.4 Å². The zero-order chi connectivity index (χ0) is 14.8. The molecule has 1 aromatic heterocycles. The van der Waals surface area contributed by atoms with Gasteiger partial charge in [0.25, 0.3) is 15.7 Å². The van der Waals surface area contributed by atoms with Crippen molar-refractivity contribution >= 4 is 38.6 Å². The standard InChI is InChI=1S/C10H13ClN2O4S2/c1-4-5-12(7(2)3)19(16,17)9-6-8(13(14)15)10(11)18-9/h4,6-7H,1,5H2,2-3H3. The first-order valence-corrected chi connectivity index (χ1v) is 7.91. The van der Waals surface area contributed by atoms with Gasteiger partial charge in [0.2, 0.25) is 0 Å². The number of rotatable bonds is 6. The second-order valence-corrected chi connectivity index (χ2v) is 7.71. The van der Waals surface area contributed by atoms with Crippen LogP contribution in [0, 0.1) is 10.1 Å². The first-order chi connectivity index (χ1) is 8.71. The van der Waals surface area contributed by atoms with Crippen LogP contribution in [0.4, 0.5) is 5.69 Å². The molecule has 0 fully saturated rings. The lowest BCUT2D eigenvalue weighted by Gasteiger charge is -2.23. The summed E-state index contributed by atoms with van der Waals surface area (Å²) in [5.41, 5.74) is -0.396. The fourth-order valence-corrected chi connectivity index (χ4v) is 4.82. The lowest BCUT2D eigenvalue weighted by atomic mass is 10.4. The molecule has 106 valence electrons. The minimum absolute atomic E-state index is 0.128. The molecule has 1 rings (SSSR count). The van der Waals surface area contributed by atoms with Gasteiger partial charge >= 0.3 is 0 Å².